The highest BCUT2D eigenvalue weighted by molar-refractivity contribution is 5.80. The SMILES string of the molecule is O=CCc1nc2ccc([N+](=O)[O-])cc2c(=O)n1-c1ccccc1. The Morgan fingerprint density at radius 3 is 2.57 bits per heavy atom. The topological polar surface area (TPSA) is 95.1 Å². The van der Waals surface area contributed by atoms with Crippen LogP contribution in [0.5, 0.6) is 0 Å². The Morgan fingerprint density at radius 1 is 1.17 bits per heavy atom. The van der Waals surface area contributed by atoms with Crippen LogP contribution in [0.25, 0.3) is 16.6 Å². The molecule has 0 unspecified atom stereocenters. The third-order valence-electron chi connectivity index (χ3n) is 3.41. The molecule has 0 aliphatic heterocycles. The molecule has 7 nitrogen and oxygen atoms in total. The van der Waals surface area contributed by atoms with Gasteiger partial charge in [-0.25, -0.2) is 4.98 Å². The number of carbonyl (C=O) groups is 1. The van der Waals surface area contributed by atoms with E-state index in [1.807, 2.05) is 0 Å². The Labute approximate surface area is 130 Å². The molecule has 114 valence electrons. The molecule has 0 aliphatic carbocycles. The van der Waals surface area contributed by atoms with Gasteiger partial charge in [0.25, 0.3) is 11.2 Å². The average Bonchev–Trinajstić information content (AvgIpc) is 2.56. The quantitative estimate of drug-likeness (QED) is 0.417. The molecule has 0 atom stereocenters. The number of nitro groups is 1. The van der Waals surface area contributed by atoms with E-state index in [0.717, 1.165) is 0 Å². The summed E-state index contributed by atoms with van der Waals surface area (Å²) in [4.78, 5) is 38.3. The minimum Gasteiger partial charge on any atom is -0.303 e. The summed E-state index contributed by atoms with van der Waals surface area (Å²) in [6.45, 7) is 0. The number of hydrogen-bond acceptors (Lipinski definition) is 5. The number of fused-ring (bicyclic) bond motifs is 1. The van der Waals surface area contributed by atoms with E-state index in [1.165, 1.54) is 22.8 Å². The lowest BCUT2D eigenvalue weighted by atomic mass is 10.2. The lowest BCUT2D eigenvalue weighted by Gasteiger charge is -2.11. The van der Waals surface area contributed by atoms with Crippen molar-refractivity contribution in [3.05, 3.63) is 74.8 Å². The summed E-state index contributed by atoms with van der Waals surface area (Å²) in [6.07, 6.45) is 0.634. The van der Waals surface area contributed by atoms with Crippen molar-refractivity contribution in [1.82, 2.24) is 9.55 Å². The van der Waals surface area contributed by atoms with Gasteiger partial charge in [0.2, 0.25) is 0 Å². The molecule has 23 heavy (non-hydrogen) atoms. The van der Waals surface area contributed by atoms with E-state index in [4.69, 9.17) is 0 Å². The third kappa shape index (κ3) is 2.59. The van der Waals surface area contributed by atoms with Gasteiger partial charge < -0.3 is 4.79 Å². The maximum atomic E-state index is 12.8. The van der Waals surface area contributed by atoms with Gasteiger partial charge in [-0.15, -0.1) is 0 Å². The summed E-state index contributed by atoms with van der Waals surface area (Å²) >= 11 is 0. The zero-order chi connectivity index (χ0) is 16.4. The van der Waals surface area contributed by atoms with Gasteiger partial charge in [0.15, 0.2) is 0 Å². The number of non-ortho nitro benzene ring substituents is 1. The largest absolute Gasteiger partial charge is 0.303 e. The molecule has 0 fully saturated rings. The predicted octanol–water partition coefficient (Wildman–Crippen LogP) is 2.04. The minimum atomic E-state index is -0.564. The molecular formula is C16H11N3O4. The fraction of sp³-hybridized carbons (Fsp3) is 0.0625. The number of rotatable bonds is 4. The van der Waals surface area contributed by atoms with E-state index >= 15 is 0 Å². The molecule has 3 aromatic rings. The highest BCUT2D eigenvalue weighted by atomic mass is 16.6. The van der Waals surface area contributed by atoms with Gasteiger partial charge in [0.1, 0.15) is 12.1 Å². The fourth-order valence-corrected chi connectivity index (χ4v) is 2.39. The van der Waals surface area contributed by atoms with Crippen LogP contribution in [0.3, 0.4) is 0 Å². The second-order valence-electron chi connectivity index (χ2n) is 4.83. The highest BCUT2D eigenvalue weighted by Gasteiger charge is 2.15. The molecule has 0 aliphatic rings. The molecule has 0 radical (unpaired) electrons. The van der Waals surface area contributed by atoms with Gasteiger partial charge in [-0.05, 0) is 18.2 Å². The van der Waals surface area contributed by atoms with E-state index in [0.29, 0.717) is 17.5 Å². The second kappa shape index (κ2) is 5.80. The summed E-state index contributed by atoms with van der Waals surface area (Å²) in [5, 5.41) is 11.0. The standard InChI is InChI=1S/C16H11N3O4/c20-9-8-15-17-14-7-6-12(19(22)23)10-13(14)16(21)18(15)11-4-2-1-3-5-11/h1-7,9-10H,8H2. The van der Waals surface area contributed by atoms with Crippen molar-refractivity contribution in [2.45, 2.75) is 6.42 Å². The van der Waals surface area contributed by atoms with Crippen molar-refractivity contribution < 1.29 is 9.72 Å². The first-order valence-electron chi connectivity index (χ1n) is 6.81. The average molecular weight is 309 g/mol. The zero-order valence-corrected chi connectivity index (χ0v) is 11.9. The van der Waals surface area contributed by atoms with Gasteiger partial charge in [0.05, 0.1) is 27.9 Å². The monoisotopic (exact) mass is 309 g/mol. The Hall–Kier alpha value is -3.35. The Kier molecular flexibility index (Phi) is 3.68. The summed E-state index contributed by atoms with van der Waals surface area (Å²) in [6, 6.07) is 12.6. The van der Waals surface area contributed by atoms with Gasteiger partial charge in [0, 0.05) is 12.1 Å². The Balaban J connectivity index is 2.38. The molecule has 1 heterocycles. The summed E-state index contributed by atoms with van der Waals surface area (Å²) < 4.78 is 1.31. The summed E-state index contributed by atoms with van der Waals surface area (Å²) in [7, 11) is 0. The van der Waals surface area contributed by atoms with E-state index in [1.54, 1.807) is 30.3 Å². The molecule has 0 spiro atoms. The molecular weight excluding hydrogens is 298 g/mol. The first kappa shape index (κ1) is 14.6. The van der Waals surface area contributed by atoms with E-state index in [2.05, 4.69) is 4.98 Å². The lowest BCUT2D eigenvalue weighted by molar-refractivity contribution is -0.384. The van der Waals surface area contributed by atoms with Crippen LogP contribution in [0.1, 0.15) is 5.82 Å². The second-order valence-corrected chi connectivity index (χ2v) is 4.83. The summed E-state index contributed by atoms with van der Waals surface area (Å²) in [5.41, 5.74) is 0.251. The first-order valence-corrected chi connectivity index (χ1v) is 6.81. The smallest absolute Gasteiger partial charge is 0.270 e. The van der Waals surface area contributed by atoms with Crippen LogP contribution in [0.2, 0.25) is 0 Å². The molecule has 0 saturated heterocycles. The van der Waals surface area contributed by atoms with Crippen molar-refractivity contribution in [3.63, 3.8) is 0 Å². The van der Waals surface area contributed by atoms with E-state index in [9.17, 15) is 19.7 Å². The summed E-state index contributed by atoms with van der Waals surface area (Å²) in [5.74, 6) is 0.289. The minimum absolute atomic E-state index is 0.0307. The molecule has 1 aromatic heterocycles. The van der Waals surface area contributed by atoms with Crippen LogP contribution in [0.4, 0.5) is 5.69 Å². The van der Waals surface area contributed by atoms with Gasteiger partial charge >= 0.3 is 0 Å². The lowest BCUT2D eigenvalue weighted by Crippen LogP contribution is -2.24. The Bertz CT molecular complexity index is 964. The van der Waals surface area contributed by atoms with Gasteiger partial charge in [-0.2, -0.15) is 0 Å². The molecule has 0 N–H and O–H groups in total. The van der Waals surface area contributed by atoms with Gasteiger partial charge in [-0.3, -0.25) is 19.5 Å². The number of carbonyl (C=O) groups excluding carboxylic acids is 1. The predicted molar refractivity (Wildman–Crippen MR) is 83.8 cm³/mol. The van der Waals surface area contributed by atoms with Gasteiger partial charge in [-0.1, -0.05) is 18.2 Å². The number of para-hydroxylation sites is 1. The van der Waals surface area contributed by atoms with Crippen molar-refractivity contribution in [1.29, 1.82) is 0 Å². The van der Waals surface area contributed by atoms with E-state index < -0.39 is 10.5 Å². The van der Waals surface area contributed by atoms with Crippen LogP contribution < -0.4 is 5.56 Å². The number of benzene rings is 2. The number of nitro benzene ring substituents is 1. The molecule has 2 aromatic carbocycles. The Morgan fingerprint density at radius 2 is 1.91 bits per heavy atom. The van der Waals surface area contributed by atoms with Crippen LogP contribution in [0.15, 0.2) is 53.3 Å². The zero-order valence-electron chi connectivity index (χ0n) is 11.9. The van der Waals surface area contributed by atoms with Crippen LogP contribution in [-0.4, -0.2) is 20.8 Å². The maximum absolute atomic E-state index is 12.8. The molecule has 0 saturated carbocycles. The molecule has 3 rings (SSSR count). The molecule has 0 bridgehead atoms. The molecule has 0 amide bonds. The number of hydrogen-bond donors (Lipinski definition) is 0. The van der Waals surface area contributed by atoms with E-state index in [-0.39, 0.29) is 23.3 Å². The third-order valence-corrected chi connectivity index (χ3v) is 3.41. The van der Waals surface area contributed by atoms with Crippen LogP contribution in [-0.2, 0) is 11.2 Å². The van der Waals surface area contributed by atoms with Crippen LogP contribution >= 0.6 is 0 Å². The van der Waals surface area contributed by atoms with Crippen molar-refractivity contribution in [2.75, 3.05) is 0 Å². The number of nitrogens with zero attached hydrogens (tertiary/aromatic N) is 3. The van der Waals surface area contributed by atoms with Crippen molar-refractivity contribution in [2.24, 2.45) is 0 Å². The number of aldehydes is 1. The van der Waals surface area contributed by atoms with Crippen LogP contribution in [0, 0.1) is 10.1 Å². The normalized spacial score (nSPS) is 10.6. The van der Waals surface area contributed by atoms with Crippen molar-refractivity contribution >= 4 is 22.9 Å². The highest BCUT2D eigenvalue weighted by Crippen LogP contribution is 2.18. The fourth-order valence-electron chi connectivity index (χ4n) is 2.39. The first-order chi connectivity index (χ1) is 11.1. The molecule has 7 heteroatoms. The van der Waals surface area contributed by atoms with Crippen molar-refractivity contribution in [3.8, 4) is 5.69 Å². The number of aromatic nitrogens is 2. The maximum Gasteiger partial charge on any atom is 0.270 e.